The van der Waals surface area contributed by atoms with Crippen LogP contribution in [0.2, 0.25) is 0 Å². The Bertz CT molecular complexity index is 782. The molecule has 0 radical (unpaired) electrons. The molecule has 112 valence electrons. The van der Waals surface area contributed by atoms with E-state index in [4.69, 9.17) is 4.52 Å². The van der Waals surface area contributed by atoms with Gasteiger partial charge in [0.15, 0.2) is 0 Å². The number of pyridine rings is 1. The van der Waals surface area contributed by atoms with Crippen molar-refractivity contribution in [2.24, 2.45) is 0 Å². The predicted octanol–water partition coefficient (Wildman–Crippen LogP) is 2.89. The number of hydrogen-bond acceptors (Lipinski definition) is 4. The van der Waals surface area contributed by atoms with Gasteiger partial charge in [0.1, 0.15) is 6.26 Å². The molecule has 2 aromatic heterocycles. The van der Waals surface area contributed by atoms with Gasteiger partial charge in [0, 0.05) is 29.3 Å². The van der Waals surface area contributed by atoms with Gasteiger partial charge in [-0.2, -0.15) is 0 Å². The first-order valence-electron chi connectivity index (χ1n) is 7.26. The third kappa shape index (κ3) is 3.14. The summed E-state index contributed by atoms with van der Waals surface area (Å²) in [6.07, 6.45) is 6.79. The van der Waals surface area contributed by atoms with E-state index in [0.717, 1.165) is 34.9 Å². The molecule has 3 aromatic rings. The average molecular weight is 295 g/mol. The summed E-state index contributed by atoms with van der Waals surface area (Å²) >= 11 is 0. The smallest absolute Gasteiger partial charge is 0.251 e. The molecule has 0 bridgehead atoms. The largest absolute Gasteiger partial charge is 0.364 e. The molecular weight excluding hydrogens is 278 g/mol. The number of nitrogens with zero attached hydrogens (tertiary/aromatic N) is 2. The van der Waals surface area contributed by atoms with Gasteiger partial charge in [-0.15, -0.1) is 0 Å². The number of hydrogen-bond donors (Lipinski definition) is 1. The average Bonchev–Trinajstić information content (AvgIpc) is 3.05. The highest BCUT2D eigenvalue weighted by molar-refractivity contribution is 5.98. The molecule has 1 aromatic carbocycles. The number of benzene rings is 1. The molecule has 22 heavy (non-hydrogen) atoms. The lowest BCUT2D eigenvalue weighted by Crippen LogP contribution is -2.24. The standard InChI is InChI=1S/C17H17N3O2/c1-12-6-8-18-16-5-4-14(9-15(12)16)17(21)19-7-2-3-13-10-20-22-11-13/h4-6,8-11H,2-3,7H2,1H3,(H,19,21). The van der Waals surface area contributed by atoms with Crippen molar-refractivity contribution in [1.29, 1.82) is 0 Å². The van der Waals surface area contributed by atoms with Crippen molar-refractivity contribution in [3.8, 4) is 0 Å². The fourth-order valence-electron chi connectivity index (χ4n) is 2.37. The second kappa shape index (κ2) is 6.39. The summed E-state index contributed by atoms with van der Waals surface area (Å²) in [4.78, 5) is 16.5. The quantitative estimate of drug-likeness (QED) is 0.735. The molecular formula is C17H17N3O2. The zero-order chi connectivity index (χ0) is 15.4. The topological polar surface area (TPSA) is 68.0 Å². The number of rotatable bonds is 5. The van der Waals surface area contributed by atoms with Crippen molar-refractivity contribution >= 4 is 16.8 Å². The first-order chi connectivity index (χ1) is 10.7. The van der Waals surface area contributed by atoms with Crippen LogP contribution in [0.1, 0.15) is 27.9 Å². The van der Waals surface area contributed by atoms with Crippen LogP contribution in [-0.2, 0) is 6.42 Å². The van der Waals surface area contributed by atoms with Gasteiger partial charge in [-0.1, -0.05) is 5.16 Å². The summed E-state index contributed by atoms with van der Waals surface area (Å²) < 4.78 is 4.77. The van der Waals surface area contributed by atoms with Crippen LogP contribution < -0.4 is 5.32 Å². The third-order valence-electron chi connectivity index (χ3n) is 3.63. The maximum Gasteiger partial charge on any atom is 0.251 e. The summed E-state index contributed by atoms with van der Waals surface area (Å²) in [5.41, 5.74) is 3.73. The van der Waals surface area contributed by atoms with Crippen molar-refractivity contribution in [3.05, 3.63) is 59.6 Å². The second-order valence-corrected chi connectivity index (χ2v) is 5.25. The van der Waals surface area contributed by atoms with E-state index in [0.29, 0.717) is 12.1 Å². The molecule has 0 spiro atoms. The van der Waals surface area contributed by atoms with Crippen LogP contribution in [0.4, 0.5) is 0 Å². The molecule has 1 amide bonds. The van der Waals surface area contributed by atoms with E-state index in [-0.39, 0.29) is 5.91 Å². The summed E-state index contributed by atoms with van der Waals surface area (Å²) in [7, 11) is 0. The fourth-order valence-corrected chi connectivity index (χ4v) is 2.37. The van der Waals surface area contributed by atoms with Crippen molar-refractivity contribution in [2.45, 2.75) is 19.8 Å². The van der Waals surface area contributed by atoms with Crippen molar-refractivity contribution in [2.75, 3.05) is 6.54 Å². The number of aromatic nitrogens is 2. The van der Waals surface area contributed by atoms with E-state index >= 15 is 0 Å². The Morgan fingerprint density at radius 1 is 1.32 bits per heavy atom. The Hall–Kier alpha value is -2.69. The maximum absolute atomic E-state index is 12.2. The second-order valence-electron chi connectivity index (χ2n) is 5.25. The number of aryl methyl sites for hydroxylation is 2. The van der Waals surface area contributed by atoms with E-state index in [9.17, 15) is 4.79 Å². The van der Waals surface area contributed by atoms with Crippen molar-refractivity contribution in [1.82, 2.24) is 15.5 Å². The predicted molar refractivity (Wildman–Crippen MR) is 83.6 cm³/mol. The lowest BCUT2D eigenvalue weighted by molar-refractivity contribution is 0.0953. The zero-order valence-electron chi connectivity index (χ0n) is 12.4. The minimum atomic E-state index is -0.0597. The van der Waals surface area contributed by atoms with Gasteiger partial charge in [-0.25, -0.2) is 0 Å². The van der Waals surface area contributed by atoms with Crippen LogP contribution >= 0.6 is 0 Å². The van der Waals surface area contributed by atoms with E-state index in [1.165, 1.54) is 0 Å². The summed E-state index contributed by atoms with van der Waals surface area (Å²) in [6, 6.07) is 7.54. The van der Waals surface area contributed by atoms with Gasteiger partial charge < -0.3 is 9.84 Å². The number of nitrogens with one attached hydrogen (secondary N) is 1. The molecule has 0 aliphatic carbocycles. The molecule has 1 N–H and O–H groups in total. The molecule has 3 rings (SSSR count). The van der Waals surface area contributed by atoms with Crippen LogP contribution in [-0.4, -0.2) is 22.6 Å². The SMILES string of the molecule is Cc1ccnc2ccc(C(=O)NCCCc3cnoc3)cc12. The van der Waals surface area contributed by atoms with Crippen LogP contribution in [0.5, 0.6) is 0 Å². The highest BCUT2D eigenvalue weighted by Gasteiger charge is 2.07. The fraction of sp³-hybridized carbons (Fsp3) is 0.235. The molecule has 2 heterocycles. The third-order valence-corrected chi connectivity index (χ3v) is 3.63. The molecule has 5 heteroatoms. The Morgan fingerprint density at radius 3 is 3.05 bits per heavy atom. The molecule has 0 saturated heterocycles. The zero-order valence-corrected chi connectivity index (χ0v) is 12.4. The minimum absolute atomic E-state index is 0.0597. The van der Waals surface area contributed by atoms with Gasteiger partial charge in [0.05, 0.1) is 11.7 Å². The van der Waals surface area contributed by atoms with Crippen molar-refractivity contribution < 1.29 is 9.32 Å². The normalized spacial score (nSPS) is 10.8. The van der Waals surface area contributed by atoms with Gasteiger partial charge in [-0.05, 0) is 49.6 Å². The Kier molecular flexibility index (Phi) is 4.14. The molecule has 5 nitrogen and oxygen atoms in total. The first-order valence-corrected chi connectivity index (χ1v) is 7.26. The first kappa shape index (κ1) is 14.3. The molecule has 0 aliphatic heterocycles. The van der Waals surface area contributed by atoms with Gasteiger partial charge >= 0.3 is 0 Å². The van der Waals surface area contributed by atoms with E-state index < -0.39 is 0 Å². The van der Waals surface area contributed by atoms with Gasteiger partial charge in [-0.3, -0.25) is 9.78 Å². The van der Waals surface area contributed by atoms with E-state index in [1.54, 1.807) is 18.7 Å². The van der Waals surface area contributed by atoms with Crippen LogP contribution in [0.15, 0.2) is 47.4 Å². The lowest BCUT2D eigenvalue weighted by Gasteiger charge is -2.07. The number of carbonyl (C=O) groups is 1. The summed E-state index contributed by atoms with van der Waals surface area (Å²) in [5.74, 6) is -0.0597. The number of amides is 1. The Labute approximate surface area is 128 Å². The molecule has 0 saturated carbocycles. The van der Waals surface area contributed by atoms with Crippen molar-refractivity contribution in [3.63, 3.8) is 0 Å². The summed E-state index contributed by atoms with van der Waals surface area (Å²) in [6.45, 7) is 2.64. The van der Waals surface area contributed by atoms with Crippen LogP contribution in [0.25, 0.3) is 10.9 Å². The number of carbonyl (C=O) groups excluding carboxylic acids is 1. The van der Waals surface area contributed by atoms with E-state index in [2.05, 4.69) is 15.5 Å². The Morgan fingerprint density at radius 2 is 2.23 bits per heavy atom. The van der Waals surface area contributed by atoms with Gasteiger partial charge in [0.2, 0.25) is 0 Å². The van der Waals surface area contributed by atoms with Gasteiger partial charge in [0.25, 0.3) is 5.91 Å². The highest BCUT2D eigenvalue weighted by atomic mass is 16.5. The lowest BCUT2D eigenvalue weighted by atomic mass is 10.1. The minimum Gasteiger partial charge on any atom is -0.364 e. The molecule has 0 atom stereocenters. The highest BCUT2D eigenvalue weighted by Crippen LogP contribution is 2.17. The monoisotopic (exact) mass is 295 g/mol. The summed E-state index contributed by atoms with van der Waals surface area (Å²) in [5, 5.41) is 7.60. The molecule has 0 aliphatic rings. The van der Waals surface area contributed by atoms with Crippen LogP contribution in [0.3, 0.4) is 0 Å². The van der Waals surface area contributed by atoms with E-state index in [1.807, 2.05) is 31.2 Å². The molecule has 0 unspecified atom stereocenters. The van der Waals surface area contributed by atoms with Crippen LogP contribution in [0, 0.1) is 6.92 Å². The molecule has 0 fully saturated rings. The maximum atomic E-state index is 12.2. The number of fused-ring (bicyclic) bond motifs is 1. The Balaban J connectivity index is 1.61.